The molecule has 1 heterocycles. The largest absolute Gasteiger partial charge is 0.284 e. The van der Waals surface area contributed by atoms with Crippen molar-refractivity contribution < 1.29 is 8.42 Å². The summed E-state index contributed by atoms with van der Waals surface area (Å²) in [7, 11) is -3.30. The molecule has 0 amide bonds. The number of hydrogen-bond acceptors (Lipinski definition) is 3. The van der Waals surface area contributed by atoms with E-state index in [4.69, 9.17) is 11.6 Å². The molecule has 0 saturated heterocycles. The van der Waals surface area contributed by atoms with Crippen LogP contribution in [0.3, 0.4) is 0 Å². The number of rotatable bonds is 7. The summed E-state index contributed by atoms with van der Waals surface area (Å²) in [6.45, 7) is 0. The average Bonchev–Trinajstić information content (AvgIpc) is 2.93. The van der Waals surface area contributed by atoms with E-state index >= 15 is 0 Å². The maximum absolute atomic E-state index is 11.8. The topological polar surface area (TPSA) is 64.0 Å². The van der Waals surface area contributed by atoms with Gasteiger partial charge in [-0.05, 0) is 43.2 Å². The van der Waals surface area contributed by atoms with Crippen molar-refractivity contribution in [1.82, 2.24) is 9.78 Å². The molecule has 0 aliphatic carbocycles. The van der Waals surface area contributed by atoms with E-state index in [0.29, 0.717) is 24.4 Å². The summed E-state index contributed by atoms with van der Waals surface area (Å²) in [5.41, 5.74) is 1.42. The van der Waals surface area contributed by atoms with E-state index in [1.165, 1.54) is 0 Å². The number of sulfonamides is 1. The van der Waals surface area contributed by atoms with Crippen LogP contribution in [0.5, 0.6) is 0 Å². The van der Waals surface area contributed by atoms with Gasteiger partial charge in [0, 0.05) is 24.0 Å². The van der Waals surface area contributed by atoms with Crippen LogP contribution in [-0.4, -0.2) is 29.8 Å². The lowest BCUT2D eigenvalue weighted by atomic mass is 10.3. The molecule has 0 bridgehead atoms. The van der Waals surface area contributed by atoms with Gasteiger partial charge in [-0.15, -0.1) is 11.6 Å². The van der Waals surface area contributed by atoms with Crippen LogP contribution >= 0.6 is 11.6 Å². The van der Waals surface area contributed by atoms with Gasteiger partial charge in [0.15, 0.2) is 0 Å². The zero-order chi connectivity index (χ0) is 14.4. The maximum Gasteiger partial charge on any atom is 0.232 e. The number of nitrogens with zero attached hydrogens (tertiary/aromatic N) is 2. The predicted molar refractivity (Wildman–Crippen MR) is 80.9 cm³/mol. The van der Waals surface area contributed by atoms with Crippen LogP contribution in [0.2, 0.25) is 0 Å². The van der Waals surface area contributed by atoms with Gasteiger partial charge in [-0.25, -0.2) is 13.1 Å². The van der Waals surface area contributed by atoms with Crippen LogP contribution in [0.15, 0.2) is 42.7 Å². The molecule has 0 aliphatic heterocycles. The Hall–Kier alpha value is -1.53. The molecule has 1 aromatic carbocycles. The molecule has 7 heteroatoms. The highest BCUT2D eigenvalue weighted by molar-refractivity contribution is 7.92. The van der Waals surface area contributed by atoms with Gasteiger partial charge in [-0.2, -0.15) is 5.10 Å². The summed E-state index contributed by atoms with van der Waals surface area (Å²) in [5, 5.41) is 4.11. The summed E-state index contributed by atoms with van der Waals surface area (Å²) in [5.74, 6) is 0.564. The summed E-state index contributed by atoms with van der Waals surface area (Å²) in [4.78, 5) is 0. The zero-order valence-electron chi connectivity index (χ0n) is 10.9. The summed E-state index contributed by atoms with van der Waals surface area (Å²) < 4.78 is 27.9. The van der Waals surface area contributed by atoms with Crippen molar-refractivity contribution in [2.75, 3.05) is 16.4 Å². The number of halogens is 1. The monoisotopic (exact) mass is 313 g/mol. The number of nitrogens with one attached hydrogen (secondary N) is 1. The van der Waals surface area contributed by atoms with Crippen LogP contribution < -0.4 is 4.72 Å². The molecule has 5 nitrogen and oxygen atoms in total. The number of hydrogen-bond donors (Lipinski definition) is 1. The molecule has 0 fully saturated rings. The summed E-state index contributed by atoms with van der Waals surface area (Å²) in [6.07, 6.45) is 4.77. The summed E-state index contributed by atoms with van der Waals surface area (Å²) >= 11 is 5.53. The van der Waals surface area contributed by atoms with Crippen LogP contribution in [-0.2, 0) is 10.0 Å². The van der Waals surface area contributed by atoms with E-state index in [9.17, 15) is 8.42 Å². The molecule has 0 unspecified atom stereocenters. The Kier molecular flexibility index (Phi) is 5.03. The minimum absolute atomic E-state index is 0.0840. The van der Waals surface area contributed by atoms with Crippen LogP contribution in [0.25, 0.3) is 5.69 Å². The molecule has 0 saturated carbocycles. The Bertz CT molecular complexity index is 624. The van der Waals surface area contributed by atoms with E-state index in [1.807, 2.05) is 24.4 Å². The molecular formula is C13H16ClN3O2S. The first kappa shape index (κ1) is 14.9. The van der Waals surface area contributed by atoms with Crippen molar-refractivity contribution in [3.05, 3.63) is 42.7 Å². The number of aromatic nitrogens is 2. The highest BCUT2D eigenvalue weighted by Gasteiger charge is 2.09. The molecular weight excluding hydrogens is 298 g/mol. The second kappa shape index (κ2) is 6.76. The molecule has 0 spiro atoms. The van der Waals surface area contributed by atoms with Crippen molar-refractivity contribution >= 4 is 27.3 Å². The molecule has 0 radical (unpaired) electrons. The van der Waals surface area contributed by atoms with E-state index in [0.717, 1.165) is 5.69 Å². The lowest BCUT2D eigenvalue weighted by Crippen LogP contribution is -2.16. The number of benzene rings is 1. The average molecular weight is 314 g/mol. The Labute approximate surface area is 123 Å². The van der Waals surface area contributed by atoms with Crippen molar-refractivity contribution in [2.24, 2.45) is 0 Å². The molecule has 20 heavy (non-hydrogen) atoms. The number of unbranched alkanes of at least 4 members (excludes halogenated alkanes) is 1. The first-order valence-electron chi connectivity index (χ1n) is 6.27. The van der Waals surface area contributed by atoms with Crippen LogP contribution in [0.1, 0.15) is 12.8 Å². The lowest BCUT2D eigenvalue weighted by Gasteiger charge is -2.08. The predicted octanol–water partition coefficient (Wildman–Crippen LogP) is 2.63. The second-order valence-corrected chi connectivity index (χ2v) is 6.53. The normalized spacial score (nSPS) is 11.4. The standard InChI is InChI=1S/C13H16ClN3O2S/c14-8-1-2-11-20(18,19)16-12-4-6-13(7-5-12)17-10-3-9-15-17/h3-7,9-10,16H,1-2,8,11H2. The van der Waals surface area contributed by atoms with E-state index < -0.39 is 10.0 Å². The first-order valence-corrected chi connectivity index (χ1v) is 8.46. The van der Waals surface area contributed by atoms with Gasteiger partial charge in [0.2, 0.25) is 10.0 Å². The molecule has 1 N–H and O–H groups in total. The third-order valence-corrected chi connectivity index (χ3v) is 4.35. The maximum atomic E-state index is 11.8. The Morgan fingerprint density at radius 1 is 1.20 bits per heavy atom. The SMILES string of the molecule is O=S(=O)(CCCCCl)Nc1ccc(-n2cccn2)cc1. The first-order chi connectivity index (χ1) is 9.61. The quantitative estimate of drug-likeness (QED) is 0.631. The second-order valence-electron chi connectivity index (χ2n) is 4.31. The van der Waals surface area contributed by atoms with E-state index in [-0.39, 0.29) is 5.75 Å². The molecule has 2 rings (SSSR count). The fraction of sp³-hybridized carbons (Fsp3) is 0.308. The lowest BCUT2D eigenvalue weighted by molar-refractivity contribution is 0.598. The van der Waals surface area contributed by atoms with E-state index in [1.54, 1.807) is 23.0 Å². The van der Waals surface area contributed by atoms with Crippen molar-refractivity contribution in [3.8, 4) is 5.69 Å². The van der Waals surface area contributed by atoms with E-state index in [2.05, 4.69) is 9.82 Å². The molecule has 0 aliphatic rings. The molecule has 1 aromatic heterocycles. The van der Waals surface area contributed by atoms with Gasteiger partial charge in [0.25, 0.3) is 0 Å². The zero-order valence-corrected chi connectivity index (χ0v) is 12.4. The van der Waals surface area contributed by atoms with Gasteiger partial charge in [-0.1, -0.05) is 0 Å². The molecule has 0 atom stereocenters. The fourth-order valence-corrected chi connectivity index (χ4v) is 3.09. The van der Waals surface area contributed by atoms with Crippen LogP contribution in [0.4, 0.5) is 5.69 Å². The van der Waals surface area contributed by atoms with Gasteiger partial charge < -0.3 is 0 Å². The number of alkyl halides is 1. The minimum atomic E-state index is -3.30. The fourth-order valence-electron chi connectivity index (χ4n) is 1.72. The van der Waals surface area contributed by atoms with Gasteiger partial charge in [0.1, 0.15) is 0 Å². The highest BCUT2D eigenvalue weighted by atomic mass is 35.5. The minimum Gasteiger partial charge on any atom is -0.284 e. The van der Waals surface area contributed by atoms with Crippen molar-refractivity contribution in [1.29, 1.82) is 0 Å². The Morgan fingerprint density at radius 2 is 1.95 bits per heavy atom. The van der Waals surface area contributed by atoms with Gasteiger partial charge in [0.05, 0.1) is 11.4 Å². The Morgan fingerprint density at radius 3 is 2.55 bits per heavy atom. The number of anilines is 1. The third kappa shape index (κ3) is 4.25. The third-order valence-electron chi connectivity index (χ3n) is 2.71. The highest BCUT2D eigenvalue weighted by Crippen LogP contribution is 2.14. The smallest absolute Gasteiger partial charge is 0.232 e. The van der Waals surface area contributed by atoms with Gasteiger partial charge >= 0.3 is 0 Å². The van der Waals surface area contributed by atoms with Crippen LogP contribution in [0, 0.1) is 0 Å². The molecule has 2 aromatic rings. The molecule has 108 valence electrons. The summed E-state index contributed by atoms with van der Waals surface area (Å²) in [6, 6.07) is 8.88. The van der Waals surface area contributed by atoms with Gasteiger partial charge in [-0.3, -0.25) is 4.72 Å². The van der Waals surface area contributed by atoms with Crippen molar-refractivity contribution in [3.63, 3.8) is 0 Å². The van der Waals surface area contributed by atoms with Crippen molar-refractivity contribution in [2.45, 2.75) is 12.8 Å². The Balaban J connectivity index is 2.00.